The zero-order chi connectivity index (χ0) is 24.8. The summed E-state index contributed by atoms with van der Waals surface area (Å²) in [5.74, 6) is 1.08. The first kappa shape index (κ1) is 21.3. The molecular weight excluding hydrogens is 440 g/mol. The third-order valence-corrected chi connectivity index (χ3v) is 8.79. The van der Waals surface area contributed by atoms with Crippen molar-refractivity contribution >= 4 is 10.8 Å². The van der Waals surface area contributed by atoms with Gasteiger partial charge in [-0.3, -0.25) is 0 Å². The first-order valence-corrected chi connectivity index (χ1v) is 12.6. The van der Waals surface area contributed by atoms with Crippen molar-refractivity contribution in [2.24, 2.45) is 0 Å². The maximum absolute atomic E-state index is 11.5. The molecule has 0 unspecified atom stereocenters. The average Bonchev–Trinajstić information content (AvgIpc) is 3.19. The number of benzene rings is 5. The van der Waals surface area contributed by atoms with Crippen molar-refractivity contribution in [1.29, 1.82) is 0 Å². The van der Waals surface area contributed by atoms with Crippen LogP contribution in [-0.2, 0) is 10.8 Å². The lowest BCUT2D eigenvalue weighted by atomic mass is 9.50. The maximum atomic E-state index is 11.5. The Balaban J connectivity index is 1.76. The third-order valence-electron chi connectivity index (χ3n) is 8.79. The summed E-state index contributed by atoms with van der Waals surface area (Å²) in [5.41, 5.74) is 10.4. The van der Waals surface area contributed by atoms with Crippen LogP contribution in [0.25, 0.3) is 33.0 Å². The number of phenols is 1. The predicted octanol–water partition coefficient (Wildman–Crippen LogP) is 8.14. The topological polar surface area (TPSA) is 29.5 Å². The summed E-state index contributed by atoms with van der Waals surface area (Å²) in [6.07, 6.45) is 0. The summed E-state index contributed by atoms with van der Waals surface area (Å²) < 4.78 is 5.63. The summed E-state index contributed by atoms with van der Waals surface area (Å²) >= 11 is 0. The van der Waals surface area contributed by atoms with Gasteiger partial charge in [0, 0.05) is 10.8 Å². The Morgan fingerprint density at radius 3 is 1.81 bits per heavy atom. The molecular formula is C34H28O2. The molecule has 0 radical (unpaired) electrons. The summed E-state index contributed by atoms with van der Waals surface area (Å²) in [4.78, 5) is 0. The van der Waals surface area contributed by atoms with Crippen molar-refractivity contribution in [1.82, 2.24) is 0 Å². The van der Waals surface area contributed by atoms with Crippen molar-refractivity contribution in [2.45, 2.75) is 31.6 Å². The number of fused-ring (bicyclic) bond motifs is 11. The van der Waals surface area contributed by atoms with Crippen molar-refractivity contribution in [2.75, 3.05) is 7.11 Å². The van der Waals surface area contributed by atoms with Gasteiger partial charge in [-0.25, -0.2) is 0 Å². The van der Waals surface area contributed by atoms with E-state index < -0.39 is 5.41 Å². The van der Waals surface area contributed by atoms with Gasteiger partial charge >= 0.3 is 0 Å². The number of hydrogen-bond acceptors (Lipinski definition) is 2. The van der Waals surface area contributed by atoms with E-state index in [-0.39, 0.29) is 5.41 Å². The first-order valence-electron chi connectivity index (χ1n) is 12.6. The smallest absolute Gasteiger partial charge is 0.123 e. The normalized spacial score (nSPS) is 15.8. The first-order chi connectivity index (χ1) is 17.4. The van der Waals surface area contributed by atoms with Crippen LogP contribution >= 0.6 is 0 Å². The lowest BCUT2D eigenvalue weighted by molar-refractivity contribution is 0.359. The second-order valence-electron chi connectivity index (χ2n) is 10.7. The van der Waals surface area contributed by atoms with Gasteiger partial charge in [0.2, 0.25) is 0 Å². The number of rotatable bonds is 1. The minimum Gasteiger partial charge on any atom is -0.507 e. The fourth-order valence-corrected chi connectivity index (χ4v) is 7.33. The van der Waals surface area contributed by atoms with E-state index in [1.165, 1.54) is 38.9 Å². The minimum atomic E-state index is -0.455. The van der Waals surface area contributed by atoms with Gasteiger partial charge in [-0.1, -0.05) is 86.6 Å². The SMILES string of the molecule is COc1cc2c(O)cc3c(c2cc1C)-c1ccccc1C(C)(C)C31c2ccccc2-c2ccccc21. The molecule has 0 heterocycles. The summed E-state index contributed by atoms with van der Waals surface area (Å²) in [7, 11) is 1.68. The molecule has 0 amide bonds. The molecule has 0 saturated heterocycles. The second kappa shape index (κ2) is 7.01. The van der Waals surface area contributed by atoms with E-state index in [1.807, 2.05) is 12.1 Å². The van der Waals surface area contributed by atoms with Crippen LogP contribution in [0.4, 0.5) is 0 Å². The van der Waals surface area contributed by atoms with Gasteiger partial charge in [0.25, 0.3) is 0 Å². The van der Waals surface area contributed by atoms with Gasteiger partial charge in [-0.05, 0) is 80.6 Å². The quantitative estimate of drug-likeness (QED) is 0.269. The van der Waals surface area contributed by atoms with Crippen molar-refractivity contribution in [3.63, 3.8) is 0 Å². The van der Waals surface area contributed by atoms with Crippen molar-refractivity contribution < 1.29 is 9.84 Å². The zero-order valence-corrected chi connectivity index (χ0v) is 21.0. The number of aromatic hydroxyl groups is 1. The van der Waals surface area contributed by atoms with Gasteiger partial charge in [0.15, 0.2) is 0 Å². The molecule has 1 N–H and O–H groups in total. The highest BCUT2D eigenvalue weighted by Crippen LogP contribution is 2.66. The van der Waals surface area contributed by atoms with Crippen LogP contribution in [0.3, 0.4) is 0 Å². The highest BCUT2D eigenvalue weighted by atomic mass is 16.5. The van der Waals surface area contributed by atoms with E-state index in [2.05, 4.69) is 99.6 Å². The lowest BCUT2D eigenvalue weighted by Crippen LogP contribution is -2.48. The van der Waals surface area contributed by atoms with Gasteiger partial charge < -0.3 is 9.84 Å². The fraction of sp³-hybridized carbons (Fsp3) is 0.176. The van der Waals surface area contributed by atoms with Gasteiger partial charge in [0.1, 0.15) is 11.5 Å². The van der Waals surface area contributed by atoms with E-state index in [0.29, 0.717) is 5.75 Å². The molecule has 2 nitrogen and oxygen atoms in total. The summed E-state index contributed by atoms with van der Waals surface area (Å²) in [5, 5.41) is 13.4. The predicted molar refractivity (Wildman–Crippen MR) is 147 cm³/mol. The number of hydrogen-bond donors (Lipinski definition) is 1. The largest absolute Gasteiger partial charge is 0.507 e. The van der Waals surface area contributed by atoms with Crippen LogP contribution in [0, 0.1) is 6.92 Å². The van der Waals surface area contributed by atoms with E-state index >= 15 is 0 Å². The molecule has 2 aliphatic rings. The van der Waals surface area contributed by atoms with Crippen molar-refractivity contribution in [3.05, 3.63) is 119 Å². The van der Waals surface area contributed by atoms with E-state index in [1.54, 1.807) is 7.11 Å². The molecule has 0 fully saturated rings. The maximum Gasteiger partial charge on any atom is 0.123 e. The number of aryl methyl sites for hydroxylation is 1. The van der Waals surface area contributed by atoms with Crippen LogP contribution in [0.15, 0.2) is 91.0 Å². The zero-order valence-electron chi connectivity index (χ0n) is 21.0. The monoisotopic (exact) mass is 468 g/mol. The molecule has 0 saturated carbocycles. The van der Waals surface area contributed by atoms with Crippen LogP contribution in [0.2, 0.25) is 0 Å². The molecule has 1 spiro atoms. The minimum absolute atomic E-state index is 0.277. The molecule has 0 atom stereocenters. The Kier molecular flexibility index (Phi) is 4.14. The van der Waals surface area contributed by atoms with E-state index in [0.717, 1.165) is 27.6 Å². The van der Waals surface area contributed by atoms with Crippen LogP contribution < -0.4 is 4.74 Å². The molecule has 5 aromatic carbocycles. The summed E-state index contributed by atoms with van der Waals surface area (Å²) in [6, 6.07) is 32.6. The number of phenolic OH excluding ortho intramolecular Hbond substituents is 1. The number of methoxy groups -OCH3 is 1. The van der Waals surface area contributed by atoms with Crippen LogP contribution in [-0.4, -0.2) is 12.2 Å². The van der Waals surface area contributed by atoms with E-state index in [4.69, 9.17) is 4.74 Å². The van der Waals surface area contributed by atoms with Gasteiger partial charge in [0.05, 0.1) is 12.5 Å². The third kappa shape index (κ3) is 2.32. The van der Waals surface area contributed by atoms with Gasteiger partial charge in [-0.15, -0.1) is 0 Å². The van der Waals surface area contributed by atoms with Crippen molar-refractivity contribution in [3.8, 4) is 33.8 Å². The molecule has 176 valence electrons. The Morgan fingerprint density at radius 2 is 1.19 bits per heavy atom. The fourth-order valence-electron chi connectivity index (χ4n) is 7.33. The molecule has 2 heteroatoms. The molecule has 0 aromatic heterocycles. The van der Waals surface area contributed by atoms with Gasteiger partial charge in [-0.2, -0.15) is 0 Å². The Hall–Kier alpha value is -4.04. The Labute approximate surface area is 211 Å². The molecule has 7 rings (SSSR count). The van der Waals surface area contributed by atoms with Crippen LogP contribution in [0.5, 0.6) is 11.5 Å². The highest BCUT2D eigenvalue weighted by Gasteiger charge is 2.58. The average molecular weight is 469 g/mol. The molecule has 0 aliphatic heterocycles. The Morgan fingerprint density at radius 1 is 0.639 bits per heavy atom. The second-order valence-corrected chi connectivity index (χ2v) is 10.7. The highest BCUT2D eigenvalue weighted by molar-refractivity contribution is 6.06. The summed E-state index contributed by atoms with van der Waals surface area (Å²) in [6.45, 7) is 6.81. The molecule has 0 bridgehead atoms. The molecule has 2 aliphatic carbocycles. The van der Waals surface area contributed by atoms with E-state index in [9.17, 15) is 5.11 Å². The molecule has 36 heavy (non-hydrogen) atoms. The van der Waals surface area contributed by atoms with Crippen LogP contribution in [0.1, 0.15) is 41.7 Å². The lowest BCUT2D eigenvalue weighted by Gasteiger charge is -2.52. The standard InChI is InChI=1S/C34H28O2/c1-20-17-25-24(18-31(20)36-4)30(35)19-29-32(25)23-13-7-8-14-26(23)33(2,3)34(29)27-15-9-5-11-21(27)22-12-6-10-16-28(22)34/h5-19,35H,1-4H3. The number of ether oxygens (including phenoxy) is 1. The Bertz CT molecular complexity index is 1680. The molecule has 5 aromatic rings.